The summed E-state index contributed by atoms with van der Waals surface area (Å²) in [6.07, 6.45) is -2.21. The summed E-state index contributed by atoms with van der Waals surface area (Å²) in [5.41, 5.74) is -0.336. The smallest absolute Gasteiger partial charge is 0.326 e. The maximum Gasteiger partial charge on any atom is 0.326 e. The molecule has 2 aliphatic heterocycles. The summed E-state index contributed by atoms with van der Waals surface area (Å²) < 4.78 is 56.8. The van der Waals surface area contributed by atoms with Crippen LogP contribution in [0.4, 0.5) is 0 Å². The number of rotatable bonds is 8. The molecule has 2 aliphatic rings. The van der Waals surface area contributed by atoms with E-state index in [1.54, 1.807) is 0 Å². The zero-order chi connectivity index (χ0) is 31.4. The molecule has 0 N–H and O–H groups in total. The zero-order valence-corrected chi connectivity index (χ0v) is 25.6. The molecule has 0 spiro atoms. The number of esters is 2. The summed E-state index contributed by atoms with van der Waals surface area (Å²) in [6.45, 7) is 3.67. The van der Waals surface area contributed by atoms with Crippen LogP contribution < -0.4 is 0 Å². The highest BCUT2D eigenvalue weighted by atomic mass is 16.7. The van der Waals surface area contributed by atoms with Crippen LogP contribution in [-0.2, 0) is 69.8 Å². The van der Waals surface area contributed by atoms with Gasteiger partial charge in [-0.3, -0.25) is 9.59 Å². The van der Waals surface area contributed by atoms with Gasteiger partial charge in [0.1, 0.15) is 13.2 Å². The largest absolute Gasteiger partial charge is 0.432 e. The first-order valence-electron chi connectivity index (χ1n) is 15.4. The number of benzene rings is 2. The van der Waals surface area contributed by atoms with Crippen LogP contribution in [0, 0.1) is 5.41 Å². The van der Waals surface area contributed by atoms with Crippen LogP contribution in [0.25, 0.3) is 0 Å². The van der Waals surface area contributed by atoms with Crippen molar-refractivity contribution in [2.75, 3.05) is 92.5 Å². The van der Waals surface area contributed by atoms with Gasteiger partial charge in [-0.2, -0.15) is 0 Å². The van der Waals surface area contributed by atoms with Crippen LogP contribution in [-0.4, -0.2) is 117 Å². The molecule has 2 unspecified atom stereocenters. The van der Waals surface area contributed by atoms with E-state index in [0.29, 0.717) is 39.6 Å². The molecule has 0 aromatic heterocycles. The van der Waals surface area contributed by atoms with E-state index in [9.17, 15) is 9.59 Å². The lowest BCUT2D eigenvalue weighted by Crippen LogP contribution is -2.49. The highest BCUT2D eigenvalue weighted by molar-refractivity contribution is 6.01. The Kier molecular flexibility index (Phi) is 15.7. The SMILES string of the molecule is O=C(OC1COCCOCCOCCO1)C(Cc1ccccc1)(Cc1ccccc1)C(=O)OC1COCCOCCOCCO1. The number of carbonyl (C=O) groups excluding carboxylic acids is 2. The van der Waals surface area contributed by atoms with Gasteiger partial charge < -0.3 is 47.4 Å². The number of carbonyl (C=O) groups is 2. The molecule has 45 heavy (non-hydrogen) atoms. The van der Waals surface area contributed by atoms with E-state index in [2.05, 4.69) is 0 Å². The van der Waals surface area contributed by atoms with Crippen LogP contribution >= 0.6 is 0 Å². The summed E-state index contributed by atoms with van der Waals surface area (Å²) >= 11 is 0. The van der Waals surface area contributed by atoms with Gasteiger partial charge in [0.25, 0.3) is 0 Å². The second-order valence-electron chi connectivity index (χ2n) is 10.4. The molecular weight excluding hydrogens is 588 g/mol. The number of hydrogen-bond acceptors (Lipinski definition) is 12. The Morgan fingerprint density at radius 2 is 0.844 bits per heavy atom. The third-order valence-electron chi connectivity index (χ3n) is 7.01. The van der Waals surface area contributed by atoms with E-state index in [-0.39, 0.29) is 65.7 Å². The summed E-state index contributed by atoms with van der Waals surface area (Å²) in [4.78, 5) is 28.8. The predicted octanol–water partition coefficient (Wildman–Crippen LogP) is 2.36. The third kappa shape index (κ3) is 12.4. The Hall–Kier alpha value is -2.94. The summed E-state index contributed by atoms with van der Waals surface area (Å²) in [6, 6.07) is 18.5. The molecule has 2 heterocycles. The molecule has 12 heteroatoms. The first-order valence-corrected chi connectivity index (χ1v) is 15.4. The fraction of sp³-hybridized carbons (Fsp3) is 0.576. The zero-order valence-electron chi connectivity index (χ0n) is 25.6. The average Bonchev–Trinajstić information content (AvgIpc) is 3.04. The Balaban J connectivity index is 1.61. The predicted molar refractivity (Wildman–Crippen MR) is 159 cm³/mol. The van der Waals surface area contributed by atoms with Gasteiger partial charge in [0, 0.05) is 0 Å². The van der Waals surface area contributed by atoms with E-state index in [4.69, 9.17) is 47.4 Å². The minimum atomic E-state index is -1.82. The molecule has 0 bridgehead atoms. The molecular formula is C33H44O12. The average molecular weight is 633 g/mol. The van der Waals surface area contributed by atoms with Crippen molar-refractivity contribution in [2.24, 2.45) is 5.41 Å². The monoisotopic (exact) mass is 632 g/mol. The Labute approximate surface area is 264 Å². The van der Waals surface area contributed by atoms with E-state index in [0.717, 1.165) is 11.1 Å². The Bertz CT molecular complexity index is 988. The van der Waals surface area contributed by atoms with E-state index in [1.807, 2.05) is 60.7 Å². The van der Waals surface area contributed by atoms with Gasteiger partial charge in [-0.1, -0.05) is 60.7 Å². The fourth-order valence-corrected chi connectivity index (χ4v) is 4.74. The lowest BCUT2D eigenvalue weighted by molar-refractivity contribution is -0.220. The van der Waals surface area contributed by atoms with Crippen molar-refractivity contribution in [3.05, 3.63) is 71.8 Å². The van der Waals surface area contributed by atoms with Crippen LogP contribution in [0.2, 0.25) is 0 Å². The van der Waals surface area contributed by atoms with Gasteiger partial charge in [-0.05, 0) is 24.0 Å². The standard InChI is InChI=1S/C33H44O12/c34-31(44-29-25-40-17-15-36-11-13-38-19-21-42-29)33(23-27-7-3-1-4-8-27,24-28-9-5-2-6-10-28)32(35)45-30-26-41-18-16-37-12-14-39-20-22-43-30/h1-10,29-30H,11-26H2. The molecule has 2 atom stereocenters. The summed E-state index contributed by atoms with van der Waals surface area (Å²) in [5, 5.41) is 0. The molecule has 2 aromatic carbocycles. The van der Waals surface area contributed by atoms with Crippen molar-refractivity contribution in [1.29, 1.82) is 0 Å². The molecule has 0 amide bonds. The lowest BCUT2D eigenvalue weighted by atomic mass is 9.76. The van der Waals surface area contributed by atoms with Crippen molar-refractivity contribution in [2.45, 2.75) is 25.4 Å². The third-order valence-corrected chi connectivity index (χ3v) is 7.01. The first-order chi connectivity index (χ1) is 22.2. The Morgan fingerprint density at radius 3 is 1.22 bits per heavy atom. The van der Waals surface area contributed by atoms with Crippen molar-refractivity contribution in [3.8, 4) is 0 Å². The summed E-state index contributed by atoms with van der Waals surface area (Å²) in [7, 11) is 0. The van der Waals surface area contributed by atoms with Crippen molar-refractivity contribution < 1.29 is 57.0 Å². The topological polar surface area (TPSA) is 126 Å². The molecule has 0 aliphatic carbocycles. The van der Waals surface area contributed by atoms with E-state index < -0.39 is 29.9 Å². The summed E-state index contributed by atoms with van der Waals surface area (Å²) in [5.74, 6) is -1.63. The van der Waals surface area contributed by atoms with Crippen molar-refractivity contribution >= 4 is 11.9 Å². The van der Waals surface area contributed by atoms with E-state index in [1.165, 1.54) is 0 Å². The first kappa shape index (κ1) is 34.9. The number of hydrogen-bond donors (Lipinski definition) is 0. The molecule has 2 fully saturated rings. The normalized spacial score (nSPS) is 22.0. The van der Waals surface area contributed by atoms with Gasteiger partial charge in [0.2, 0.25) is 12.6 Å². The van der Waals surface area contributed by atoms with Crippen LogP contribution in [0.3, 0.4) is 0 Å². The van der Waals surface area contributed by atoms with Gasteiger partial charge in [0.05, 0.1) is 79.3 Å². The van der Waals surface area contributed by atoms with E-state index >= 15 is 0 Å². The minimum absolute atomic E-state index is 0.00451. The molecule has 0 radical (unpaired) electrons. The second-order valence-corrected chi connectivity index (χ2v) is 10.4. The highest BCUT2D eigenvalue weighted by Crippen LogP contribution is 2.33. The lowest BCUT2D eigenvalue weighted by Gasteiger charge is -2.33. The Morgan fingerprint density at radius 1 is 0.511 bits per heavy atom. The van der Waals surface area contributed by atoms with Gasteiger partial charge in [0.15, 0.2) is 5.41 Å². The molecule has 2 aromatic rings. The molecule has 248 valence electrons. The fourth-order valence-electron chi connectivity index (χ4n) is 4.74. The van der Waals surface area contributed by atoms with Gasteiger partial charge in [-0.25, -0.2) is 0 Å². The van der Waals surface area contributed by atoms with Crippen molar-refractivity contribution in [3.63, 3.8) is 0 Å². The highest BCUT2D eigenvalue weighted by Gasteiger charge is 2.51. The minimum Gasteiger partial charge on any atom is -0.432 e. The van der Waals surface area contributed by atoms with Crippen LogP contribution in [0.5, 0.6) is 0 Å². The van der Waals surface area contributed by atoms with Gasteiger partial charge >= 0.3 is 11.9 Å². The molecule has 4 rings (SSSR count). The molecule has 12 nitrogen and oxygen atoms in total. The maximum atomic E-state index is 14.4. The quantitative estimate of drug-likeness (QED) is 0.313. The van der Waals surface area contributed by atoms with Crippen molar-refractivity contribution in [1.82, 2.24) is 0 Å². The molecule has 0 saturated carbocycles. The van der Waals surface area contributed by atoms with Crippen LogP contribution in [0.15, 0.2) is 60.7 Å². The van der Waals surface area contributed by atoms with Gasteiger partial charge in [-0.15, -0.1) is 0 Å². The van der Waals surface area contributed by atoms with Crippen LogP contribution in [0.1, 0.15) is 11.1 Å². The number of ether oxygens (including phenoxy) is 10. The second kappa shape index (κ2) is 20.2. The molecule has 2 saturated heterocycles. The maximum absolute atomic E-state index is 14.4.